The molecule has 2 aromatic rings. The molecule has 20 heavy (non-hydrogen) atoms. The SMILES string of the molecule is O=Cc1ccc(S(=O)(=O)NC2Cc3ccccc3C2)o1. The van der Waals surface area contributed by atoms with Gasteiger partial charge < -0.3 is 4.42 Å². The molecule has 0 bridgehead atoms. The molecule has 1 heterocycles. The molecule has 1 aliphatic carbocycles. The summed E-state index contributed by atoms with van der Waals surface area (Å²) in [5.74, 6) is 0.0000769. The van der Waals surface area contributed by atoms with Gasteiger partial charge in [-0.15, -0.1) is 0 Å². The summed E-state index contributed by atoms with van der Waals surface area (Å²) in [5.41, 5.74) is 2.32. The van der Waals surface area contributed by atoms with E-state index in [2.05, 4.69) is 4.72 Å². The van der Waals surface area contributed by atoms with Crippen molar-refractivity contribution >= 4 is 16.3 Å². The summed E-state index contributed by atoms with van der Waals surface area (Å²) in [7, 11) is -3.73. The van der Waals surface area contributed by atoms with Gasteiger partial charge in [0.15, 0.2) is 12.0 Å². The molecule has 3 rings (SSSR count). The first-order chi connectivity index (χ1) is 9.58. The number of benzene rings is 1. The molecule has 0 amide bonds. The van der Waals surface area contributed by atoms with E-state index in [1.54, 1.807) is 0 Å². The second-order valence-electron chi connectivity index (χ2n) is 4.77. The Morgan fingerprint density at radius 2 is 1.75 bits per heavy atom. The third kappa shape index (κ3) is 2.39. The maximum atomic E-state index is 12.1. The molecule has 0 spiro atoms. The van der Waals surface area contributed by atoms with Crippen LogP contribution in [0.3, 0.4) is 0 Å². The third-order valence-electron chi connectivity index (χ3n) is 3.36. The minimum atomic E-state index is -3.73. The van der Waals surface area contributed by atoms with Crippen LogP contribution in [-0.4, -0.2) is 20.7 Å². The van der Waals surface area contributed by atoms with Gasteiger partial charge in [-0.25, -0.2) is 13.1 Å². The molecule has 1 N–H and O–H groups in total. The van der Waals surface area contributed by atoms with E-state index in [4.69, 9.17) is 4.42 Å². The zero-order chi connectivity index (χ0) is 14.2. The highest BCUT2D eigenvalue weighted by molar-refractivity contribution is 7.89. The van der Waals surface area contributed by atoms with Crippen LogP contribution in [-0.2, 0) is 22.9 Å². The standard InChI is InChI=1S/C14H13NO4S/c16-9-13-5-6-14(19-13)20(17,18)15-12-7-10-3-1-2-4-11(10)8-12/h1-6,9,12,15H,7-8H2. The Morgan fingerprint density at radius 3 is 2.30 bits per heavy atom. The summed E-state index contributed by atoms with van der Waals surface area (Å²) < 4.78 is 31.9. The van der Waals surface area contributed by atoms with Gasteiger partial charge in [-0.3, -0.25) is 4.79 Å². The lowest BCUT2D eigenvalue weighted by Gasteiger charge is -2.10. The maximum Gasteiger partial charge on any atom is 0.274 e. The molecule has 1 aliphatic rings. The highest BCUT2D eigenvalue weighted by Crippen LogP contribution is 2.23. The average Bonchev–Trinajstić information content (AvgIpc) is 3.04. The molecule has 104 valence electrons. The third-order valence-corrected chi connectivity index (χ3v) is 4.75. The van der Waals surface area contributed by atoms with Gasteiger partial charge in [-0.1, -0.05) is 24.3 Å². The average molecular weight is 291 g/mol. The number of nitrogens with one attached hydrogen (secondary N) is 1. The van der Waals surface area contributed by atoms with Gasteiger partial charge in [0.25, 0.3) is 10.0 Å². The lowest BCUT2D eigenvalue weighted by molar-refractivity contribution is 0.109. The fourth-order valence-electron chi connectivity index (χ4n) is 2.46. The molecule has 0 radical (unpaired) electrons. The van der Waals surface area contributed by atoms with Gasteiger partial charge in [0.05, 0.1) is 0 Å². The van der Waals surface area contributed by atoms with E-state index in [-0.39, 0.29) is 16.9 Å². The van der Waals surface area contributed by atoms with Crippen molar-refractivity contribution in [1.82, 2.24) is 4.72 Å². The van der Waals surface area contributed by atoms with E-state index in [0.717, 1.165) is 11.1 Å². The molecule has 0 saturated carbocycles. The summed E-state index contributed by atoms with van der Waals surface area (Å²) in [4.78, 5) is 10.5. The molecule has 0 atom stereocenters. The van der Waals surface area contributed by atoms with Crippen molar-refractivity contribution in [3.05, 3.63) is 53.3 Å². The van der Waals surface area contributed by atoms with Gasteiger partial charge in [0, 0.05) is 6.04 Å². The van der Waals surface area contributed by atoms with E-state index in [0.29, 0.717) is 19.1 Å². The normalized spacial score (nSPS) is 15.2. The Hall–Kier alpha value is -1.92. The van der Waals surface area contributed by atoms with Gasteiger partial charge in [0.2, 0.25) is 5.09 Å². The van der Waals surface area contributed by atoms with Crippen LogP contribution in [0, 0.1) is 0 Å². The van der Waals surface area contributed by atoms with E-state index >= 15 is 0 Å². The van der Waals surface area contributed by atoms with Crippen molar-refractivity contribution in [1.29, 1.82) is 0 Å². The van der Waals surface area contributed by atoms with Gasteiger partial charge >= 0.3 is 0 Å². The number of hydrogen-bond acceptors (Lipinski definition) is 4. The number of rotatable bonds is 4. The fraction of sp³-hybridized carbons (Fsp3) is 0.214. The first-order valence-corrected chi connectivity index (χ1v) is 7.71. The van der Waals surface area contributed by atoms with Crippen molar-refractivity contribution in [2.45, 2.75) is 24.0 Å². The molecule has 0 unspecified atom stereocenters. The highest BCUT2D eigenvalue weighted by Gasteiger charge is 2.27. The van der Waals surface area contributed by atoms with Crippen molar-refractivity contribution < 1.29 is 17.6 Å². The highest BCUT2D eigenvalue weighted by atomic mass is 32.2. The fourth-order valence-corrected chi connectivity index (χ4v) is 3.64. The second kappa shape index (κ2) is 4.88. The van der Waals surface area contributed by atoms with E-state index in [1.165, 1.54) is 12.1 Å². The van der Waals surface area contributed by atoms with Crippen molar-refractivity contribution in [3.8, 4) is 0 Å². The number of hydrogen-bond donors (Lipinski definition) is 1. The van der Waals surface area contributed by atoms with Crippen molar-refractivity contribution in [2.24, 2.45) is 0 Å². The number of aldehydes is 1. The Bertz CT molecular complexity index is 723. The van der Waals surface area contributed by atoms with E-state index in [9.17, 15) is 13.2 Å². The second-order valence-corrected chi connectivity index (χ2v) is 6.41. The minimum Gasteiger partial charge on any atom is -0.440 e. The number of carbonyl (C=O) groups is 1. The molecule has 1 aromatic carbocycles. The molecule has 6 heteroatoms. The largest absolute Gasteiger partial charge is 0.440 e. The van der Waals surface area contributed by atoms with Gasteiger partial charge in [-0.05, 0) is 36.1 Å². The summed E-state index contributed by atoms with van der Waals surface area (Å²) in [5, 5.41) is -0.226. The van der Waals surface area contributed by atoms with E-state index < -0.39 is 10.0 Å². The zero-order valence-corrected chi connectivity index (χ0v) is 11.4. The van der Waals surface area contributed by atoms with Crippen LogP contribution in [0.5, 0.6) is 0 Å². The Balaban J connectivity index is 1.77. The van der Waals surface area contributed by atoms with Crippen LogP contribution in [0.1, 0.15) is 21.7 Å². The van der Waals surface area contributed by atoms with E-state index in [1.807, 2.05) is 24.3 Å². The number of carbonyl (C=O) groups excluding carboxylic acids is 1. The zero-order valence-electron chi connectivity index (χ0n) is 10.6. The summed E-state index contributed by atoms with van der Waals surface area (Å²) in [6, 6.07) is 10.3. The number of sulfonamides is 1. The van der Waals surface area contributed by atoms with Crippen LogP contribution in [0.4, 0.5) is 0 Å². The minimum absolute atomic E-state index is 0.0000769. The van der Waals surface area contributed by atoms with Crippen molar-refractivity contribution in [2.75, 3.05) is 0 Å². The van der Waals surface area contributed by atoms with Gasteiger partial charge in [0.1, 0.15) is 0 Å². The maximum absolute atomic E-state index is 12.1. The van der Waals surface area contributed by atoms with Crippen LogP contribution in [0.25, 0.3) is 0 Å². The first kappa shape index (κ1) is 13.1. The molecule has 5 nitrogen and oxygen atoms in total. The first-order valence-electron chi connectivity index (χ1n) is 6.22. The topological polar surface area (TPSA) is 76.4 Å². The van der Waals surface area contributed by atoms with Crippen LogP contribution in [0.2, 0.25) is 0 Å². The molecule has 0 fully saturated rings. The lowest BCUT2D eigenvalue weighted by atomic mass is 10.1. The molecule has 0 saturated heterocycles. The number of furan rings is 1. The molecular formula is C14H13NO4S. The summed E-state index contributed by atoms with van der Waals surface area (Å²) >= 11 is 0. The number of fused-ring (bicyclic) bond motifs is 1. The van der Waals surface area contributed by atoms with Crippen LogP contribution in [0.15, 0.2) is 45.9 Å². The summed E-state index contributed by atoms with van der Waals surface area (Å²) in [6.45, 7) is 0. The molecule has 0 aliphatic heterocycles. The monoisotopic (exact) mass is 291 g/mol. The van der Waals surface area contributed by atoms with Crippen molar-refractivity contribution in [3.63, 3.8) is 0 Å². The quantitative estimate of drug-likeness (QED) is 0.867. The molecular weight excluding hydrogens is 278 g/mol. The Morgan fingerprint density at radius 1 is 1.10 bits per heavy atom. The Kier molecular flexibility index (Phi) is 3.19. The smallest absolute Gasteiger partial charge is 0.274 e. The molecule has 1 aromatic heterocycles. The van der Waals surface area contributed by atoms with Gasteiger partial charge in [-0.2, -0.15) is 0 Å². The summed E-state index contributed by atoms with van der Waals surface area (Å²) in [6.07, 6.45) is 1.80. The van der Waals surface area contributed by atoms with Crippen LogP contribution >= 0.6 is 0 Å². The predicted octanol–water partition coefficient (Wildman–Crippen LogP) is 1.54. The predicted molar refractivity (Wildman–Crippen MR) is 72.1 cm³/mol. The Labute approximate surface area is 116 Å². The lowest BCUT2D eigenvalue weighted by Crippen LogP contribution is -2.35. The van der Waals surface area contributed by atoms with Crippen LogP contribution < -0.4 is 4.72 Å².